The Labute approximate surface area is 134 Å². The second kappa shape index (κ2) is 8.01. The Kier molecular flexibility index (Phi) is 6.04. The van der Waals surface area contributed by atoms with E-state index in [9.17, 15) is 18.4 Å². The summed E-state index contributed by atoms with van der Waals surface area (Å²) in [5.41, 5.74) is 0.137. The third-order valence-electron chi connectivity index (χ3n) is 3.77. The molecule has 1 aromatic carbocycles. The fraction of sp³-hybridized carbons (Fsp3) is 0.500. The van der Waals surface area contributed by atoms with E-state index in [2.05, 4.69) is 5.32 Å². The Hall–Kier alpha value is -2.02. The first kappa shape index (κ1) is 17.3. The first-order valence-electron chi connectivity index (χ1n) is 7.74. The molecular weight excluding hydrogens is 304 g/mol. The summed E-state index contributed by atoms with van der Waals surface area (Å²) in [6.45, 7) is 5.03. The molecule has 0 unspecified atom stereocenters. The summed E-state index contributed by atoms with van der Waals surface area (Å²) >= 11 is 0. The van der Waals surface area contributed by atoms with Crippen LogP contribution in [0.3, 0.4) is 0 Å². The van der Waals surface area contributed by atoms with E-state index in [1.54, 1.807) is 4.90 Å². The van der Waals surface area contributed by atoms with Crippen LogP contribution in [0.4, 0.5) is 8.78 Å². The lowest BCUT2D eigenvalue weighted by molar-refractivity contribution is -0.122. The largest absolute Gasteiger partial charge is 0.355 e. The molecule has 1 aromatic rings. The predicted octanol–water partition coefficient (Wildman–Crippen LogP) is 1.25. The number of hydrogen-bond donors (Lipinski definition) is 1. The van der Waals surface area contributed by atoms with Crippen molar-refractivity contribution in [2.45, 2.75) is 13.3 Å². The summed E-state index contributed by atoms with van der Waals surface area (Å²) in [6, 6.07) is 3.16. The van der Waals surface area contributed by atoms with Gasteiger partial charge in [-0.05, 0) is 24.6 Å². The van der Waals surface area contributed by atoms with E-state index in [-0.39, 0.29) is 17.4 Å². The van der Waals surface area contributed by atoms with Gasteiger partial charge in [0.15, 0.2) is 11.6 Å². The summed E-state index contributed by atoms with van der Waals surface area (Å²) in [6.07, 6.45) is 0.891. The molecular formula is C16H21F2N3O2. The maximum atomic E-state index is 13.2. The summed E-state index contributed by atoms with van der Waals surface area (Å²) < 4.78 is 26.1. The molecule has 1 saturated heterocycles. The van der Waals surface area contributed by atoms with E-state index in [1.165, 1.54) is 6.07 Å². The van der Waals surface area contributed by atoms with E-state index in [4.69, 9.17) is 0 Å². The molecule has 126 valence electrons. The smallest absolute Gasteiger partial charge is 0.254 e. The van der Waals surface area contributed by atoms with Crippen LogP contribution in [-0.4, -0.2) is 60.9 Å². The van der Waals surface area contributed by atoms with Gasteiger partial charge in [-0.3, -0.25) is 14.5 Å². The lowest BCUT2D eigenvalue weighted by Crippen LogP contribution is -2.51. The minimum absolute atomic E-state index is 0.0211. The third kappa shape index (κ3) is 4.72. The maximum Gasteiger partial charge on any atom is 0.254 e. The molecule has 5 nitrogen and oxygen atoms in total. The lowest BCUT2D eigenvalue weighted by atomic mass is 10.1. The average molecular weight is 325 g/mol. The molecule has 0 atom stereocenters. The molecule has 0 saturated carbocycles. The van der Waals surface area contributed by atoms with Gasteiger partial charge < -0.3 is 10.2 Å². The van der Waals surface area contributed by atoms with Crippen LogP contribution < -0.4 is 5.32 Å². The van der Waals surface area contributed by atoms with E-state index < -0.39 is 11.6 Å². The quantitative estimate of drug-likeness (QED) is 0.886. The van der Waals surface area contributed by atoms with Crippen LogP contribution in [0.25, 0.3) is 0 Å². The molecule has 0 bridgehead atoms. The van der Waals surface area contributed by atoms with Gasteiger partial charge in [0.25, 0.3) is 5.91 Å². The van der Waals surface area contributed by atoms with Gasteiger partial charge in [0.2, 0.25) is 5.91 Å². The molecule has 1 N–H and O–H groups in total. The van der Waals surface area contributed by atoms with Crippen LogP contribution in [0, 0.1) is 11.6 Å². The minimum atomic E-state index is -1.03. The molecule has 0 spiro atoms. The predicted molar refractivity (Wildman–Crippen MR) is 82.0 cm³/mol. The van der Waals surface area contributed by atoms with Crippen LogP contribution in [0.5, 0.6) is 0 Å². The molecule has 1 fully saturated rings. The highest BCUT2D eigenvalue weighted by atomic mass is 19.2. The molecule has 0 radical (unpaired) electrons. The SMILES string of the molecule is CCCNC(=O)CN1CCN(C(=O)c2ccc(F)c(F)c2)CC1. The number of piperazine rings is 1. The van der Waals surface area contributed by atoms with Gasteiger partial charge in [0.05, 0.1) is 6.54 Å². The Bertz CT molecular complexity index is 572. The third-order valence-corrected chi connectivity index (χ3v) is 3.77. The number of hydrogen-bond acceptors (Lipinski definition) is 3. The number of amides is 2. The maximum absolute atomic E-state index is 13.2. The monoisotopic (exact) mass is 325 g/mol. The van der Waals surface area contributed by atoms with Crippen molar-refractivity contribution in [3.63, 3.8) is 0 Å². The molecule has 0 aromatic heterocycles. The topological polar surface area (TPSA) is 52.7 Å². The Balaban J connectivity index is 1.85. The van der Waals surface area contributed by atoms with Crippen molar-refractivity contribution in [1.82, 2.24) is 15.1 Å². The van der Waals surface area contributed by atoms with Crippen LogP contribution in [0.1, 0.15) is 23.7 Å². The highest BCUT2D eigenvalue weighted by Crippen LogP contribution is 2.12. The van der Waals surface area contributed by atoms with Gasteiger partial charge in [-0.2, -0.15) is 0 Å². The summed E-state index contributed by atoms with van der Waals surface area (Å²) in [4.78, 5) is 27.5. The average Bonchev–Trinajstić information content (AvgIpc) is 2.55. The van der Waals surface area contributed by atoms with Gasteiger partial charge >= 0.3 is 0 Å². The highest BCUT2D eigenvalue weighted by Gasteiger charge is 2.23. The number of nitrogens with zero attached hydrogens (tertiary/aromatic N) is 2. The minimum Gasteiger partial charge on any atom is -0.355 e. The number of carbonyl (C=O) groups is 2. The first-order valence-corrected chi connectivity index (χ1v) is 7.74. The first-order chi connectivity index (χ1) is 11.0. The van der Waals surface area contributed by atoms with Crippen molar-refractivity contribution < 1.29 is 18.4 Å². The molecule has 0 aliphatic carbocycles. The highest BCUT2D eigenvalue weighted by molar-refractivity contribution is 5.94. The molecule has 23 heavy (non-hydrogen) atoms. The molecule has 2 amide bonds. The zero-order chi connectivity index (χ0) is 16.8. The molecule has 1 aliphatic rings. The Morgan fingerprint density at radius 1 is 1.13 bits per heavy atom. The molecule has 7 heteroatoms. The van der Waals surface area contributed by atoms with Gasteiger partial charge in [-0.25, -0.2) is 8.78 Å². The molecule has 1 heterocycles. The van der Waals surface area contributed by atoms with Gasteiger partial charge in [-0.15, -0.1) is 0 Å². The second-order valence-corrected chi connectivity index (χ2v) is 5.55. The van der Waals surface area contributed by atoms with Crippen molar-refractivity contribution in [1.29, 1.82) is 0 Å². The van der Waals surface area contributed by atoms with Crippen LogP contribution in [-0.2, 0) is 4.79 Å². The number of nitrogens with one attached hydrogen (secondary N) is 1. The van der Waals surface area contributed by atoms with Crippen LogP contribution in [0.2, 0.25) is 0 Å². The van der Waals surface area contributed by atoms with E-state index >= 15 is 0 Å². The number of rotatable bonds is 5. The number of carbonyl (C=O) groups excluding carboxylic acids is 2. The second-order valence-electron chi connectivity index (χ2n) is 5.55. The standard InChI is InChI=1S/C16H21F2N3O2/c1-2-5-19-15(22)11-20-6-8-21(9-7-20)16(23)12-3-4-13(17)14(18)10-12/h3-4,10H,2,5-9,11H2,1H3,(H,19,22). The Morgan fingerprint density at radius 3 is 2.43 bits per heavy atom. The van der Waals surface area contributed by atoms with Crippen molar-refractivity contribution in [2.75, 3.05) is 39.3 Å². The van der Waals surface area contributed by atoms with Crippen molar-refractivity contribution in [3.05, 3.63) is 35.4 Å². The van der Waals surface area contributed by atoms with Gasteiger partial charge in [0.1, 0.15) is 0 Å². The fourth-order valence-corrected chi connectivity index (χ4v) is 2.44. The van der Waals surface area contributed by atoms with Crippen molar-refractivity contribution in [2.24, 2.45) is 0 Å². The van der Waals surface area contributed by atoms with Gasteiger partial charge in [0, 0.05) is 38.3 Å². The number of halogens is 2. The normalized spacial score (nSPS) is 15.5. The fourth-order valence-electron chi connectivity index (χ4n) is 2.44. The summed E-state index contributed by atoms with van der Waals surface area (Å²) in [5.74, 6) is -2.34. The van der Waals surface area contributed by atoms with Crippen molar-refractivity contribution >= 4 is 11.8 Å². The summed E-state index contributed by atoms with van der Waals surface area (Å²) in [5, 5.41) is 2.81. The zero-order valence-corrected chi connectivity index (χ0v) is 13.1. The molecule has 1 aliphatic heterocycles. The van der Waals surface area contributed by atoms with Gasteiger partial charge in [-0.1, -0.05) is 6.92 Å². The zero-order valence-electron chi connectivity index (χ0n) is 13.1. The lowest BCUT2D eigenvalue weighted by Gasteiger charge is -2.34. The van der Waals surface area contributed by atoms with Crippen LogP contribution >= 0.6 is 0 Å². The summed E-state index contributed by atoms with van der Waals surface area (Å²) in [7, 11) is 0. The number of benzene rings is 1. The van der Waals surface area contributed by atoms with E-state index in [1.807, 2.05) is 11.8 Å². The van der Waals surface area contributed by atoms with E-state index in [0.717, 1.165) is 18.6 Å². The Morgan fingerprint density at radius 2 is 1.83 bits per heavy atom. The molecule has 2 rings (SSSR count). The van der Waals surface area contributed by atoms with E-state index in [0.29, 0.717) is 39.3 Å². The van der Waals surface area contributed by atoms with Crippen molar-refractivity contribution in [3.8, 4) is 0 Å². The van der Waals surface area contributed by atoms with Crippen LogP contribution in [0.15, 0.2) is 18.2 Å².